The third kappa shape index (κ3) is 1.95. The van der Waals surface area contributed by atoms with E-state index in [1.54, 1.807) is 7.11 Å². The highest BCUT2D eigenvalue weighted by Crippen LogP contribution is 2.45. The fourth-order valence-electron chi connectivity index (χ4n) is 4.18. The fraction of sp³-hybridized carbons (Fsp3) is 0.647. The molecule has 0 radical (unpaired) electrons. The molecule has 1 aromatic rings. The van der Waals surface area contributed by atoms with Gasteiger partial charge in [-0.05, 0) is 56.2 Å². The SMILES string of the molecule is CCNC1C2Cc3ccc(OC)cc3C1(C)CCN2C. The number of benzene rings is 1. The fourth-order valence-corrected chi connectivity index (χ4v) is 4.18. The number of methoxy groups -OCH3 is 1. The molecule has 0 amide bonds. The molecule has 0 aromatic heterocycles. The number of fused-ring (bicyclic) bond motifs is 4. The Morgan fingerprint density at radius 2 is 2.25 bits per heavy atom. The third-order valence-electron chi connectivity index (χ3n) is 5.41. The van der Waals surface area contributed by atoms with E-state index >= 15 is 0 Å². The molecule has 2 aliphatic rings. The molecule has 20 heavy (non-hydrogen) atoms. The molecule has 1 N–H and O–H groups in total. The van der Waals surface area contributed by atoms with Gasteiger partial charge in [-0.15, -0.1) is 0 Å². The summed E-state index contributed by atoms with van der Waals surface area (Å²) in [6.07, 6.45) is 2.35. The van der Waals surface area contributed by atoms with Gasteiger partial charge in [0.2, 0.25) is 0 Å². The maximum Gasteiger partial charge on any atom is 0.119 e. The first kappa shape index (κ1) is 13.9. The van der Waals surface area contributed by atoms with Crippen LogP contribution in [0.5, 0.6) is 5.75 Å². The maximum absolute atomic E-state index is 5.45. The van der Waals surface area contributed by atoms with Gasteiger partial charge < -0.3 is 15.0 Å². The maximum atomic E-state index is 5.45. The van der Waals surface area contributed by atoms with Gasteiger partial charge >= 0.3 is 0 Å². The molecule has 3 rings (SSSR count). The summed E-state index contributed by atoms with van der Waals surface area (Å²) in [7, 11) is 4.02. The average molecular weight is 274 g/mol. The van der Waals surface area contributed by atoms with Crippen LogP contribution >= 0.6 is 0 Å². The van der Waals surface area contributed by atoms with Crippen LogP contribution in [0.4, 0.5) is 0 Å². The second-order valence-corrected chi connectivity index (χ2v) is 6.48. The summed E-state index contributed by atoms with van der Waals surface area (Å²) in [6.45, 7) is 6.85. The van der Waals surface area contributed by atoms with E-state index in [0.29, 0.717) is 12.1 Å². The smallest absolute Gasteiger partial charge is 0.119 e. The van der Waals surface area contributed by atoms with Crippen LogP contribution < -0.4 is 10.1 Å². The Labute approximate surface area is 122 Å². The molecule has 3 atom stereocenters. The van der Waals surface area contributed by atoms with Crippen molar-refractivity contribution in [1.29, 1.82) is 0 Å². The van der Waals surface area contributed by atoms with Crippen molar-refractivity contribution in [3.63, 3.8) is 0 Å². The Morgan fingerprint density at radius 1 is 1.45 bits per heavy atom. The summed E-state index contributed by atoms with van der Waals surface area (Å²) in [5.74, 6) is 0.984. The number of ether oxygens (including phenoxy) is 1. The second-order valence-electron chi connectivity index (χ2n) is 6.48. The molecule has 0 spiro atoms. The van der Waals surface area contributed by atoms with Gasteiger partial charge in [-0.3, -0.25) is 0 Å². The first-order valence-corrected chi connectivity index (χ1v) is 7.71. The van der Waals surface area contributed by atoms with Crippen molar-refractivity contribution in [3.8, 4) is 5.75 Å². The first-order valence-electron chi connectivity index (χ1n) is 7.71. The molecule has 3 nitrogen and oxygen atoms in total. The molecule has 110 valence electrons. The second kappa shape index (κ2) is 5.05. The van der Waals surface area contributed by atoms with Gasteiger partial charge in [0.1, 0.15) is 5.75 Å². The van der Waals surface area contributed by atoms with Gasteiger partial charge in [0.15, 0.2) is 0 Å². The molecule has 1 fully saturated rings. The average Bonchev–Trinajstić information content (AvgIpc) is 2.46. The van der Waals surface area contributed by atoms with Crippen LogP contribution in [0.2, 0.25) is 0 Å². The minimum absolute atomic E-state index is 0.218. The number of piperidine rings is 1. The highest BCUT2D eigenvalue weighted by Gasteiger charge is 2.49. The molecule has 1 aliphatic carbocycles. The Balaban J connectivity index is 2.09. The molecule has 0 saturated carbocycles. The lowest BCUT2D eigenvalue weighted by Crippen LogP contribution is -2.66. The molecular weight excluding hydrogens is 248 g/mol. The van der Waals surface area contributed by atoms with Crippen molar-refractivity contribution in [2.75, 3.05) is 27.2 Å². The van der Waals surface area contributed by atoms with Gasteiger partial charge in [0.05, 0.1) is 7.11 Å². The molecule has 1 saturated heterocycles. The topological polar surface area (TPSA) is 24.5 Å². The van der Waals surface area contributed by atoms with Crippen LogP contribution in [0.1, 0.15) is 31.4 Å². The molecule has 1 aromatic carbocycles. The zero-order valence-corrected chi connectivity index (χ0v) is 13.1. The van der Waals surface area contributed by atoms with Gasteiger partial charge in [-0.25, -0.2) is 0 Å². The Morgan fingerprint density at radius 3 is 2.95 bits per heavy atom. The normalized spacial score (nSPS) is 32.8. The predicted octanol–water partition coefficient (Wildman–Crippen LogP) is 2.19. The summed E-state index contributed by atoms with van der Waals surface area (Å²) in [5, 5.41) is 3.75. The number of nitrogens with zero attached hydrogens (tertiary/aromatic N) is 1. The number of likely N-dealkylation sites (N-methyl/N-ethyl adjacent to an activating group) is 2. The molecule has 2 bridgehead atoms. The Kier molecular flexibility index (Phi) is 3.51. The molecule has 1 aliphatic heterocycles. The summed E-state index contributed by atoms with van der Waals surface area (Å²) < 4.78 is 5.45. The zero-order valence-electron chi connectivity index (χ0n) is 13.1. The minimum atomic E-state index is 0.218. The van der Waals surface area contributed by atoms with Crippen molar-refractivity contribution < 1.29 is 4.74 Å². The van der Waals surface area contributed by atoms with Crippen LogP contribution in [0.25, 0.3) is 0 Å². The summed E-state index contributed by atoms with van der Waals surface area (Å²) in [5.41, 5.74) is 3.21. The van der Waals surface area contributed by atoms with Crippen LogP contribution in [0, 0.1) is 0 Å². The van der Waals surface area contributed by atoms with E-state index in [1.165, 1.54) is 24.1 Å². The number of nitrogens with one attached hydrogen (secondary N) is 1. The Hall–Kier alpha value is -1.06. The predicted molar refractivity (Wildman–Crippen MR) is 82.5 cm³/mol. The van der Waals surface area contributed by atoms with Gasteiger partial charge in [0, 0.05) is 17.5 Å². The van der Waals surface area contributed by atoms with Crippen molar-refractivity contribution in [1.82, 2.24) is 10.2 Å². The van der Waals surface area contributed by atoms with E-state index < -0.39 is 0 Å². The number of hydrogen-bond donors (Lipinski definition) is 1. The van der Waals surface area contributed by atoms with E-state index in [-0.39, 0.29) is 5.41 Å². The van der Waals surface area contributed by atoms with Crippen molar-refractivity contribution in [2.24, 2.45) is 0 Å². The third-order valence-corrected chi connectivity index (χ3v) is 5.41. The van der Waals surface area contributed by atoms with Crippen LogP contribution in [0.3, 0.4) is 0 Å². The van der Waals surface area contributed by atoms with Crippen molar-refractivity contribution >= 4 is 0 Å². The molecule has 3 unspecified atom stereocenters. The van der Waals surface area contributed by atoms with Crippen molar-refractivity contribution in [2.45, 2.75) is 44.2 Å². The minimum Gasteiger partial charge on any atom is -0.497 e. The van der Waals surface area contributed by atoms with E-state index in [1.807, 2.05) is 0 Å². The van der Waals surface area contributed by atoms with Crippen LogP contribution in [0.15, 0.2) is 18.2 Å². The number of likely N-dealkylation sites (tertiary alicyclic amines) is 1. The molecule has 3 heteroatoms. The van der Waals surface area contributed by atoms with Crippen molar-refractivity contribution in [3.05, 3.63) is 29.3 Å². The van der Waals surface area contributed by atoms with E-state index in [4.69, 9.17) is 4.74 Å². The van der Waals surface area contributed by atoms with E-state index in [9.17, 15) is 0 Å². The lowest BCUT2D eigenvalue weighted by molar-refractivity contribution is 0.0669. The highest BCUT2D eigenvalue weighted by molar-refractivity contribution is 5.45. The largest absolute Gasteiger partial charge is 0.497 e. The van der Waals surface area contributed by atoms with Gasteiger partial charge in [0.25, 0.3) is 0 Å². The number of rotatable bonds is 3. The molecule has 1 heterocycles. The van der Waals surface area contributed by atoms with Crippen LogP contribution in [-0.2, 0) is 11.8 Å². The zero-order chi connectivity index (χ0) is 14.3. The summed E-state index contributed by atoms with van der Waals surface area (Å²) >= 11 is 0. The number of hydrogen-bond acceptors (Lipinski definition) is 3. The highest BCUT2D eigenvalue weighted by atomic mass is 16.5. The summed E-state index contributed by atoms with van der Waals surface area (Å²) in [6, 6.07) is 7.77. The standard InChI is InChI=1S/C17H26N2O/c1-5-18-16-15-10-12-6-7-13(20-4)11-14(12)17(16,2)8-9-19(15)3/h6-7,11,15-16,18H,5,8-10H2,1-4H3. The summed E-state index contributed by atoms with van der Waals surface area (Å²) in [4.78, 5) is 2.53. The van der Waals surface area contributed by atoms with Crippen LogP contribution in [-0.4, -0.2) is 44.2 Å². The van der Waals surface area contributed by atoms with E-state index in [2.05, 4.69) is 49.3 Å². The monoisotopic (exact) mass is 274 g/mol. The van der Waals surface area contributed by atoms with E-state index in [0.717, 1.165) is 18.7 Å². The lowest BCUT2D eigenvalue weighted by atomic mass is 9.61. The van der Waals surface area contributed by atoms with Gasteiger partial charge in [-0.2, -0.15) is 0 Å². The Bertz CT molecular complexity index is 502. The first-order chi connectivity index (χ1) is 9.60. The molecular formula is C17H26N2O. The quantitative estimate of drug-likeness (QED) is 0.914. The lowest BCUT2D eigenvalue weighted by Gasteiger charge is -2.55. The van der Waals surface area contributed by atoms with Gasteiger partial charge in [-0.1, -0.05) is 19.9 Å².